The van der Waals surface area contributed by atoms with Crippen LogP contribution in [0.5, 0.6) is 0 Å². The first kappa shape index (κ1) is 7.15. The lowest BCUT2D eigenvalue weighted by molar-refractivity contribution is -0.380. The zero-order chi connectivity index (χ0) is 8.83. The summed E-state index contributed by atoms with van der Waals surface area (Å²) in [5.41, 5.74) is -2.55. The molecule has 0 nitrogen and oxygen atoms in total. The molecule has 0 radical (unpaired) electrons. The SMILES string of the molecule is FC1(F)C(F)(F)C2(CC2)C12CC2. The van der Waals surface area contributed by atoms with Gasteiger partial charge in [-0.25, -0.2) is 0 Å². The van der Waals surface area contributed by atoms with Crippen molar-refractivity contribution in [3.63, 3.8) is 0 Å². The zero-order valence-corrected chi connectivity index (χ0v) is 6.34. The van der Waals surface area contributed by atoms with E-state index >= 15 is 0 Å². The topological polar surface area (TPSA) is 0 Å². The Kier molecular flexibility index (Phi) is 0.786. The van der Waals surface area contributed by atoms with E-state index in [0.29, 0.717) is 25.7 Å². The van der Waals surface area contributed by atoms with E-state index in [2.05, 4.69) is 0 Å². The van der Waals surface area contributed by atoms with Crippen LogP contribution in [0.25, 0.3) is 0 Å². The summed E-state index contributed by atoms with van der Waals surface area (Å²) in [6, 6.07) is 0. The molecular weight excluding hydrogens is 172 g/mol. The van der Waals surface area contributed by atoms with E-state index in [1.165, 1.54) is 0 Å². The monoisotopic (exact) mass is 180 g/mol. The van der Waals surface area contributed by atoms with Gasteiger partial charge in [0, 0.05) is 0 Å². The van der Waals surface area contributed by atoms with Crippen molar-refractivity contribution >= 4 is 0 Å². The van der Waals surface area contributed by atoms with Gasteiger partial charge in [0.2, 0.25) is 0 Å². The minimum absolute atomic E-state index is 0.301. The number of hydrogen-bond donors (Lipinski definition) is 0. The highest BCUT2D eigenvalue weighted by Crippen LogP contribution is 2.91. The summed E-state index contributed by atoms with van der Waals surface area (Å²) in [7, 11) is 0. The molecule has 4 heteroatoms. The van der Waals surface area contributed by atoms with E-state index in [-0.39, 0.29) is 0 Å². The van der Waals surface area contributed by atoms with Gasteiger partial charge in [0.1, 0.15) is 0 Å². The Morgan fingerprint density at radius 2 is 0.833 bits per heavy atom. The van der Waals surface area contributed by atoms with Crippen LogP contribution in [0.2, 0.25) is 0 Å². The van der Waals surface area contributed by atoms with Crippen LogP contribution in [0.3, 0.4) is 0 Å². The van der Waals surface area contributed by atoms with E-state index in [4.69, 9.17) is 0 Å². The minimum Gasteiger partial charge on any atom is -0.199 e. The summed E-state index contributed by atoms with van der Waals surface area (Å²) in [4.78, 5) is 0. The molecule has 2 spiro atoms. The van der Waals surface area contributed by atoms with Crippen LogP contribution in [-0.2, 0) is 0 Å². The lowest BCUT2D eigenvalue weighted by Gasteiger charge is -2.53. The van der Waals surface area contributed by atoms with E-state index in [0.717, 1.165) is 0 Å². The van der Waals surface area contributed by atoms with E-state index in [1.54, 1.807) is 0 Å². The highest BCUT2D eigenvalue weighted by Gasteiger charge is 3.00. The van der Waals surface area contributed by atoms with Crippen LogP contribution in [0.15, 0.2) is 0 Å². The average molecular weight is 180 g/mol. The maximum absolute atomic E-state index is 12.9. The van der Waals surface area contributed by atoms with Crippen LogP contribution in [0.4, 0.5) is 17.6 Å². The Morgan fingerprint density at radius 3 is 1.00 bits per heavy atom. The lowest BCUT2D eigenvalue weighted by Crippen LogP contribution is -2.70. The third-order valence-corrected chi connectivity index (χ3v) is 4.01. The molecular formula is C8H8F4. The molecule has 0 aromatic carbocycles. The number of fused-ring (bicyclic) bond motifs is 1. The van der Waals surface area contributed by atoms with Gasteiger partial charge in [-0.3, -0.25) is 0 Å². The van der Waals surface area contributed by atoms with Gasteiger partial charge in [0.25, 0.3) is 0 Å². The quantitative estimate of drug-likeness (QED) is 0.503. The molecule has 0 aromatic rings. The lowest BCUT2D eigenvalue weighted by atomic mass is 9.60. The van der Waals surface area contributed by atoms with Crippen molar-refractivity contribution in [3.05, 3.63) is 0 Å². The number of rotatable bonds is 0. The minimum atomic E-state index is -3.71. The van der Waals surface area contributed by atoms with Crippen LogP contribution in [-0.4, -0.2) is 11.8 Å². The molecule has 3 aliphatic carbocycles. The first-order chi connectivity index (χ1) is 5.41. The molecule has 0 atom stereocenters. The van der Waals surface area contributed by atoms with Crippen LogP contribution in [0.1, 0.15) is 25.7 Å². The van der Waals surface area contributed by atoms with E-state index < -0.39 is 22.7 Å². The summed E-state index contributed by atoms with van der Waals surface area (Å²) >= 11 is 0. The smallest absolute Gasteiger partial charge is 0.199 e. The zero-order valence-electron chi connectivity index (χ0n) is 6.34. The fourth-order valence-corrected chi connectivity index (χ4v) is 2.97. The molecule has 0 N–H and O–H groups in total. The van der Waals surface area contributed by atoms with Gasteiger partial charge in [0.05, 0.1) is 10.8 Å². The standard InChI is InChI=1S/C8H8F4/c9-7(10)5(1-2-5)6(3-4-6)8(7,11)12/h1-4H2. The Morgan fingerprint density at radius 1 is 0.583 bits per heavy atom. The molecule has 0 saturated heterocycles. The molecule has 0 aliphatic heterocycles. The van der Waals surface area contributed by atoms with Gasteiger partial charge < -0.3 is 0 Å². The first-order valence-electron chi connectivity index (χ1n) is 4.17. The van der Waals surface area contributed by atoms with Gasteiger partial charge in [0.15, 0.2) is 0 Å². The van der Waals surface area contributed by atoms with Crippen LogP contribution in [0, 0.1) is 10.8 Å². The molecule has 0 heterocycles. The largest absolute Gasteiger partial charge is 0.317 e. The predicted molar refractivity (Wildman–Crippen MR) is 33.2 cm³/mol. The average Bonchev–Trinajstić information content (AvgIpc) is 2.81. The maximum Gasteiger partial charge on any atom is 0.317 e. The molecule has 0 aromatic heterocycles. The van der Waals surface area contributed by atoms with Gasteiger partial charge in [-0.15, -0.1) is 0 Å². The summed E-state index contributed by atoms with van der Waals surface area (Å²) in [5.74, 6) is -7.42. The van der Waals surface area contributed by atoms with Gasteiger partial charge in [-0.2, -0.15) is 17.6 Å². The van der Waals surface area contributed by atoms with Gasteiger partial charge in [-0.1, -0.05) is 0 Å². The van der Waals surface area contributed by atoms with E-state index in [9.17, 15) is 17.6 Å². The summed E-state index contributed by atoms with van der Waals surface area (Å²) < 4.78 is 51.8. The second kappa shape index (κ2) is 1.32. The third-order valence-electron chi connectivity index (χ3n) is 4.01. The maximum atomic E-state index is 12.9. The molecule has 12 heavy (non-hydrogen) atoms. The highest BCUT2D eigenvalue weighted by molar-refractivity contribution is 5.37. The fraction of sp³-hybridized carbons (Fsp3) is 1.00. The molecule has 3 aliphatic rings. The van der Waals surface area contributed by atoms with Crippen molar-refractivity contribution in [2.75, 3.05) is 0 Å². The van der Waals surface area contributed by atoms with Crippen molar-refractivity contribution < 1.29 is 17.6 Å². The second-order valence-electron chi connectivity index (χ2n) is 4.31. The van der Waals surface area contributed by atoms with Crippen molar-refractivity contribution in [1.82, 2.24) is 0 Å². The van der Waals surface area contributed by atoms with Gasteiger partial charge >= 0.3 is 11.8 Å². The molecule has 0 unspecified atom stereocenters. The first-order valence-corrected chi connectivity index (χ1v) is 4.17. The third kappa shape index (κ3) is 0.354. The molecule has 0 amide bonds. The fourth-order valence-electron chi connectivity index (χ4n) is 2.97. The Hall–Kier alpha value is -0.280. The summed E-state index contributed by atoms with van der Waals surface area (Å²) in [6.45, 7) is 0. The van der Waals surface area contributed by atoms with E-state index in [1.807, 2.05) is 0 Å². The molecule has 3 fully saturated rings. The van der Waals surface area contributed by atoms with Crippen molar-refractivity contribution in [2.45, 2.75) is 37.5 Å². The van der Waals surface area contributed by atoms with Crippen molar-refractivity contribution in [2.24, 2.45) is 10.8 Å². The van der Waals surface area contributed by atoms with Crippen molar-refractivity contribution in [3.8, 4) is 0 Å². The van der Waals surface area contributed by atoms with Crippen molar-refractivity contribution in [1.29, 1.82) is 0 Å². The molecule has 68 valence electrons. The Labute approximate surface area is 66.9 Å². The summed E-state index contributed by atoms with van der Waals surface area (Å²) in [6.07, 6.45) is 1.20. The van der Waals surface area contributed by atoms with Crippen LogP contribution >= 0.6 is 0 Å². The predicted octanol–water partition coefficient (Wildman–Crippen LogP) is 2.83. The number of alkyl halides is 4. The number of halogens is 4. The van der Waals surface area contributed by atoms with Crippen LogP contribution < -0.4 is 0 Å². The Balaban J connectivity index is 2.09. The van der Waals surface area contributed by atoms with Gasteiger partial charge in [-0.05, 0) is 25.7 Å². The second-order valence-corrected chi connectivity index (χ2v) is 4.31. The normalized spacial score (nSPS) is 41.0. The molecule has 0 bridgehead atoms. The Bertz CT molecular complexity index is 212. The summed E-state index contributed by atoms with van der Waals surface area (Å²) in [5, 5.41) is 0. The molecule has 3 rings (SSSR count). The molecule has 3 saturated carbocycles. The highest BCUT2D eigenvalue weighted by atomic mass is 19.3. The number of hydrogen-bond acceptors (Lipinski definition) is 0.